The van der Waals surface area contributed by atoms with E-state index >= 15 is 0 Å². The molecule has 0 radical (unpaired) electrons. The number of carbonyl (C=O) groups excluding carboxylic acids is 1. The van der Waals surface area contributed by atoms with E-state index in [0.29, 0.717) is 5.92 Å². The van der Waals surface area contributed by atoms with Gasteiger partial charge in [-0.15, -0.1) is 0 Å². The summed E-state index contributed by atoms with van der Waals surface area (Å²) >= 11 is 0. The highest BCUT2D eigenvalue weighted by molar-refractivity contribution is 5.53. The van der Waals surface area contributed by atoms with Crippen LogP contribution in [0.3, 0.4) is 0 Å². The zero-order valence-electron chi connectivity index (χ0n) is 8.09. The van der Waals surface area contributed by atoms with Crippen LogP contribution in [0.2, 0.25) is 0 Å². The van der Waals surface area contributed by atoms with E-state index in [1.54, 1.807) is 0 Å². The fourth-order valence-corrected chi connectivity index (χ4v) is 2.00. The highest BCUT2D eigenvalue weighted by atomic mass is 16.1. The molecule has 0 heterocycles. The van der Waals surface area contributed by atoms with E-state index in [9.17, 15) is 4.79 Å². The molecule has 0 N–H and O–H groups in total. The van der Waals surface area contributed by atoms with Crippen LogP contribution in [0.5, 0.6) is 0 Å². The highest BCUT2D eigenvalue weighted by Gasteiger charge is 2.12. The number of aldehydes is 1. The highest BCUT2D eigenvalue weighted by Crippen LogP contribution is 2.23. The van der Waals surface area contributed by atoms with Gasteiger partial charge >= 0.3 is 0 Å². The van der Waals surface area contributed by atoms with Crippen molar-refractivity contribution in [3.63, 3.8) is 0 Å². The first kappa shape index (κ1) is 9.76. The van der Waals surface area contributed by atoms with E-state index < -0.39 is 0 Å². The van der Waals surface area contributed by atoms with Crippen molar-refractivity contribution in [1.82, 2.24) is 0 Å². The minimum Gasteiger partial charge on any atom is -0.303 e. The van der Waals surface area contributed by atoms with E-state index in [2.05, 4.69) is 6.92 Å². The van der Waals surface area contributed by atoms with Gasteiger partial charge in [-0.2, -0.15) is 0 Å². The van der Waals surface area contributed by atoms with Crippen LogP contribution in [0.1, 0.15) is 51.9 Å². The quantitative estimate of drug-likeness (QED) is 0.549. The van der Waals surface area contributed by atoms with Gasteiger partial charge in [-0.3, -0.25) is 0 Å². The predicted octanol–water partition coefficient (Wildman–Crippen LogP) is 3.18. The van der Waals surface area contributed by atoms with Crippen molar-refractivity contribution < 1.29 is 4.79 Å². The van der Waals surface area contributed by atoms with Crippen LogP contribution in [0, 0.1) is 11.8 Å². The topological polar surface area (TPSA) is 17.1 Å². The fourth-order valence-electron chi connectivity index (χ4n) is 2.00. The summed E-state index contributed by atoms with van der Waals surface area (Å²) in [6.45, 7) is 2.31. The second kappa shape index (κ2) is 5.34. The summed E-state index contributed by atoms with van der Waals surface area (Å²) in [6, 6.07) is 0. The van der Waals surface area contributed by atoms with Crippen molar-refractivity contribution in [2.24, 2.45) is 11.8 Å². The maximum absolute atomic E-state index is 10.6. The van der Waals surface area contributed by atoms with Crippen molar-refractivity contribution in [3.05, 3.63) is 0 Å². The minimum atomic E-state index is 0.366. The number of hydrogen-bond acceptors (Lipinski definition) is 1. The van der Waals surface area contributed by atoms with Gasteiger partial charge in [0.25, 0.3) is 0 Å². The summed E-state index contributed by atoms with van der Waals surface area (Å²) in [5.74, 6) is 1.20. The van der Waals surface area contributed by atoms with E-state index in [1.807, 2.05) is 0 Å². The Kier molecular flexibility index (Phi) is 4.34. The molecule has 0 aromatic rings. The van der Waals surface area contributed by atoms with Gasteiger partial charge in [-0.05, 0) is 18.8 Å². The molecule has 0 bridgehead atoms. The third-order valence-corrected chi connectivity index (χ3v) is 2.99. The Morgan fingerprint density at radius 2 is 1.75 bits per heavy atom. The average Bonchev–Trinajstić information content (AvgIpc) is 2.17. The van der Waals surface area contributed by atoms with Crippen LogP contribution in [-0.4, -0.2) is 6.29 Å². The third kappa shape index (κ3) is 3.38. The van der Waals surface area contributed by atoms with Gasteiger partial charge in [0, 0.05) is 5.92 Å². The molecule has 1 heteroatoms. The molecule has 1 fully saturated rings. The first-order chi connectivity index (χ1) is 5.83. The molecule has 12 heavy (non-hydrogen) atoms. The van der Waals surface area contributed by atoms with Gasteiger partial charge in [0.15, 0.2) is 0 Å². The molecular formula is C11H20O. The van der Waals surface area contributed by atoms with Crippen LogP contribution in [0.25, 0.3) is 0 Å². The molecule has 0 aromatic carbocycles. The second-order valence-corrected chi connectivity index (χ2v) is 4.22. The summed E-state index contributed by atoms with van der Waals surface area (Å²) in [7, 11) is 0. The van der Waals surface area contributed by atoms with Crippen molar-refractivity contribution in [2.75, 3.05) is 0 Å². The monoisotopic (exact) mass is 168 g/mol. The zero-order chi connectivity index (χ0) is 8.81. The van der Waals surface area contributed by atoms with Crippen molar-refractivity contribution >= 4 is 6.29 Å². The molecule has 0 aromatic heterocycles. The number of carbonyl (C=O) groups is 1. The Hall–Kier alpha value is -0.330. The average molecular weight is 168 g/mol. The lowest BCUT2D eigenvalue weighted by Gasteiger charge is -2.10. The first-order valence-corrected chi connectivity index (χ1v) is 5.28. The normalized spacial score (nSPS) is 33.1. The Bertz CT molecular complexity index is 131. The van der Waals surface area contributed by atoms with Crippen LogP contribution < -0.4 is 0 Å². The van der Waals surface area contributed by atoms with E-state index in [1.165, 1.54) is 32.1 Å². The van der Waals surface area contributed by atoms with E-state index in [-0.39, 0.29) is 0 Å². The van der Waals surface area contributed by atoms with Crippen LogP contribution in [0.15, 0.2) is 0 Å². The standard InChI is InChI=1S/C11H20O/c1-10-5-3-2-4-6-11(9-12)8-7-10/h9-11H,2-8H2,1H3. The summed E-state index contributed by atoms with van der Waals surface area (Å²) in [5.41, 5.74) is 0. The molecule has 1 aliphatic rings. The SMILES string of the molecule is CC1CCCCCC(C=O)CC1. The Morgan fingerprint density at radius 1 is 1.00 bits per heavy atom. The molecule has 2 unspecified atom stereocenters. The summed E-state index contributed by atoms with van der Waals surface area (Å²) in [4.78, 5) is 10.6. The van der Waals surface area contributed by atoms with Gasteiger partial charge in [0.05, 0.1) is 0 Å². The fraction of sp³-hybridized carbons (Fsp3) is 0.909. The molecule has 1 aliphatic carbocycles. The van der Waals surface area contributed by atoms with E-state index in [4.69, 9.17) is 0 Å². The van der Waals surface area contributed by atoms with Crippen LogP contribution in [0.4, 0.5) is 0 Å². The van der Waals surface area contributed by atoms with E-state index in [0.717, 1.165) is 25.0 Å². The van der Waals surface area contributed by atoms with Crippen molar-refractivity contribution in [1.29, 1.82) is 0 Å². The molecule has 1 rings (SSSR count). The Morgan fingerprint density at radius 3 is 2.50 bits per heavy atom. The molecule has 70 valence electrons. The maximum Gasteiger partial charge on any atom is 0.123 e. The Labute approximate surface area is 75.5 Å². The van der Waals surface area contributed by atoms with Crippen LogP contribution >= 0.6 is 0 Å². The van der Waals surface area contributed by atoms with Gasteiger partial charge in [0.1, 0.15) is 6.29 Å². The smallest absolute Gasteiger partial charge is 0.123 e. The number of rotatable bonds is 1. The summed E-state index contributed by atoms with van der Waals surface area (Å²) < 4.78 is 0. The predicted molar refractivity (Wildman–Crippen MR) is 51.0 cm³/mol. The van der Waals surface area contributed by atoms with Crippen molar-refractivity contribution in [3.8, 4) is 0 Å². The molecule has 0 saturated heterocycles. The molecule has 0 spiro atoms. The molecular weight excluding hydrogens is 148 g/mol. The lowest BCUT2D eigenvalue weighted by molar-refractivity contribution is -0.111. The largest absolute Gasteiger partial charge is 0.303 e. The lowest BCUT2D eigenvalue weighted by Crippen LogP contribution is -2.03. The summed E-state index contributed by atoms with van der Waals surface area (Å²) in [5, 5.41) is 0. The van der Waals surface area contributed by atoms with Gasteiger partial charge < -0.3 is 4.79 Å². The number of hydrogen-bond donors (Lipinski definition) is 0. The molecule has 0 amide bonds. The molecule has 2 atom stereocenters. The van der Waals surface area contributed by atoms with Gasteiger partial charge in [0.2, 0.25) is 0 Å². The second-order valence-electron chi connectivity index (χ2n) is 4.22. The van der Waals surface area contributed by atoms with Crippen LogP contribution in [-0.2, 0) is 4.79 Å². The van der Waals surface area contributed by atoms with Gasteiger partial charge in [-0.25, -0.2) is 0 Å². The maximum atomic E-state index is 10.6. The Balaban J connectivity index is 2.34. The summed E-state index contributed by atoms with van der Waals surface area (Å²) in [6.07, 6.45) is 10.0. The molecule has 1 nitrogen and oxygen atoms in total. The first-order valence-electron chi connectivity index (χ1n) is 5.28. The lowest BCUT2D eigenvalue weighted by atomic mass is 9.95. The van der Waals surface area contributed by atoms with Crippen molar-refractivity contribution in [2.45, 2.75) is 51.9 Å². The molecule has 0 aliphatic heterocycles. The van der Waals surface area contributed by atoms with Gasteiger partial charge in [-0.1, -0.05) is 39.0 Å². The third-order valence-electron chi connectivity index (χ3n) is 2.99. The molecule has 1 saturated carbocycles. The minimum absolute atomic E-state index is 0.366. The zero-order valence-corrected chi connectivity index (χ0v) is 8.09.